The summed E-state index contributed by atoms with van der Waals surface area (Å²) in [5.74, 6) is 0.334. The Kier molecular flexibility index (Phi) is 3.04. The molecule has 1 fully saturated rings. The first kappa shape index (κ1) is 10.9. The van der Waals surface area contributed by atoms with Crippen molar-refractivity contribution in [3.05, 3.63) is 54.6 Å². The van der Waals surface area contributed by atoms with Crippen molar-refractivity contribution in [3.8, 4) is 0 Å². The molecule has 16 heavy (non-hydrogen) atoms. The summed E-state index contributed by atoms with van der Waals surface area (Å²) in [6.07, 6.45) is 8.41. The van der Waals surface area contributed by atoms with Crippen molar-refractivity contribution >= 4 is 11.9 Å². The van der Waals surface area contributed by atoms with Crippen molar-refractivity contribution in [2.75, 3.05) is 0 Å². The molecule has 1 nitrogen and oxygen atoms in total. The van der Waals surface area contributed by atoms with Gasteiger partial charge in [-0.25, -0.2) is 0 Å². The summed E-state index contributed by atoms with van der Waals surface area (Å²) in [5.41, 5.74) is 0.916. The Morgan fingerprint density at radius 2 is 2.06 bits per heavy atom. The number of allylic oxidation sites excluding steroid dienone is 2. The Labute approximate surface area is 96.5 Å². The quantitative estimate of drug-likeness (QED) is 0.696. The van der Waals surface area contributed by atoms with Gasteiger partial charge >= 0.3 is 0 Å². The number of hydrogen-bond acceptors (Lipinski definition) is 1. The van der Waals surface area contributed by atoms with Gasteiger partial charge in [0, 0.05) is 6.42 Å². The molecule has 82 valence electrons. The summed E-state index contributed by atoms with van der Waals surface area (Å²) in [5, 5.41) is 0. The zero-order valence-corrected chi connectivity index (χ0v) is 9.36. The van der Waals surface area contributed by atoms with Crippen LogP contribution in [0, 0.1) is 5.41 Å². The van der Waals surface area contributed by atoms with E-state index in [4.69, 9.17) is 0 Å². The average molecular weight is 212 g/mol. The van der Waals surface area contributed by atoms with Crippen LogP contribution in [-0.4, -0.2) is 5.78 Å². The Morgan fingerprint density at radius 1 is 1.31 bits per heavy atom. The van der Waals surface area contributed by atoms with Gasteiger partial charge in [0.25, 0.3) is 0 Å². The van der Waals surface area contributed by atoms with Crippen LogP contribution in [-0.2, 0) is 4.79 Å². The second kappa shape index (κ2) is 4.48. The zero-order valence-electron chi connectivity index (χ0n) is 9.36. The minimum Gasteiger partial charge on any atom is -0.299 e. The lowest BCUT2D eigenvalue weighted by atomic mass is 9.65. The molecule has 2 rings (SSSR count). The lowest BCUT2D eigenvalue weighted by Crippen LogP contribution is -2.38. The zero-order chi connectivity index (χ0) is 11.4. The van der Waals surface area contributed by atoms with Gasteiger partial charge in [0.2, 0.25) is 0 Å². The monoisotopic (exact) mass is 212 g/mol. The van der Waals surface area contributed by atoms with E-state index in [1.54, 1.807) is 0 Å². The SMILES string of the molecule is C=C[C@@]1(C/C=C/c2ccccc2)CCC1=O. The van der Waals surface area contributed by atoms with Gasteiger partial charge in [0.1, 0.15) is 5.78 Å². The fraction of sp³-hybridized carbons (Fsp3) is 0.267. The average Bonchev–Trinajstić information content (AvgIpc) is 2.34. The van der Waals surface area contributed by atoms with Crippen LogP contribution in [0.3, 0.4) is 0 Å². The van der Waals surface area contributed by atoms with Gasteiger partial charge in [-0.15, -0.1) is 6.58 Å². The van der Waals surface area contributed by atoms with E-state index in [1.807, 2.05) is 24.3 Å². The summed E-state index contributed by atoms with van der Waals surface area (Å²) < 4.78 is 0. The number of rotatable bonds is 4. The number of Topliss-reactive ketones (excluding diaryl/α,β-unsaturated/α-hetero) is 1. The molecule has 0 saturated heterocycles. The van der Waals surface area contributed by atoms with Gasteiger partial charge in [0.05, 0.1) is 5.41 Å². The molecule has 0 spiro atoms. The van der Waals surface area contributed by atoms with Gasteiger partial charge in [-0.1, -0.05) is 48.6 Å². The summed E-state index contributed by atoms with van der Waals surface area (Å²) in [6.45, 7) is 3.78. The summed E-state index contributed by atoms with van der Waals surface area (Å²) in [6, 6.07) is 10.1. The molecule has 1 saturated carbocycles. The number of carbonyl (C=O) groups is 1. The lowest BCUT2D eigenvalue weighted by Gasteiger charge is -2.36. The van der Waals surface area contributed by atoms with Crippen LogP contribution in [0.2, 0.25) is 0 Å². The highest BCUT2D eigenvalue weighted by Crippen LogP contribution is 2.41. The summed E-state index contributed by atoms with van der Waals surface area (Å²) in [7, 11) is 0. The normalized spacial score (nSPS) is 24.4. The fourth-order valence-corrected chi connectivity index (χ4v) is 2.03. The van der Waals surface area contributed by atoms with E-state index in [0.717, 1.165) is 12.8 Å². The first-order valence-electron chi connectivity index (χ1n) is 5.65. The third kappa shape index (κ3) is 1.99. The van der Waals surface area contributed by atoms with E-state index in [0.29, 0.717) is 12.2 Å². The van der Waals surface area contributed by atoms with Gasteiger partial charge in [-0.3, -0.25) is 4.79 Å². The largest absolute Gasteiger partial charge is 0.299 e. The highest BCUT2D eigenvalue weighted by atomic mass is 16.1. The molecule has 1 atom stereocenters. The van der Waals surface area contributed by atoms with Crippen LogP contribution in [0.25, 0.3) is 6.08 Å². The Morgan fingerprint density at radius 3 is 2.56 bits per heavy atom. The molecule has 1 aliphatic rings. The van der Waals surface area contributed by atoms with E-state index in [9.17, 15) is 4.79 Å². The first-order valence-corrected chi connectivity index (χ1v) is 5.65. The number of benzene rings is 1. The van der Waals surface area contributed by atoms with Gasteiger partial charge in [-0.05, 0) is 18.4 Å². The molecule has 0 heterocycles. The highest BCUT2D eigenvalue weighted by Gasteiger charge is 2.41. The molecule has 0 aromatic heterocycles. The number of ketones is 1. The molecule has 1 heteroatoms. The van der Waals surface area contributed by atoms with Crippen molar-refractivity contribution in [2.24, 2.45) is 5.41 Å². The second-order valence-electron chi connectivity index (χ2n) is 4.30. The molecule has 0 aliphatic heterocycles. The first-order chi connectivity index (χ1) is 7.77. The van der Waals surface area contributed by atoms with Crippen molar-refractivity contribution in [3.63, 3.8) is 0 Å². The molecule has 1 aliphatic carbocycles. The van der Waals surface area contributed by atoms with Crippen molar-refractivity contribution in [1.82, 2.24) is 0 Å². The lowest BCUT2D eigenvalue weighted by molar-refractivity contribution is -0.134. The standard InChI is InChI=1S/C15H16O/c1-2-15(12-10-14(15)16)11-6-9-13-7-4-3-5-8-13/h2-9H,1,10-12H2/b9-6+/t15-/m1/s1. The van der Waals surface area contributed by atoms with Crippen LogP contribution >= 0.6 is 0 Å². The number of carbonyl (C=O) groups excluding carboxylic acids is 1. The molecule has 0 radical (unpaired) electrons. The third-order valence-corrected chi connectivity index (χ3v) is 3.34. The molecular formula is C15H16O. The maximum atomic E-state index is 11.5. The molecular weight excluding hydrogens is 196 g/mol. The summed E-state index contributed by atoms with van der Waals surface area (Å²) in [4.78, 5) is 11.5. The minimum absolute atomic E-state index is 0.259. The second-order valence-corrected chi connectivity index (χ2v) is 4.30. The van der Waals surface area contributed by atoms with Crippen LogP contribution in [0.4, 0.5) is 0 Å². The molecule has 0 amide bonds. The Balaban J connectivity index is 1.99. The van der Waals surface area contributed by atoms with E-state index in [-0.39, 0.29) is 5.41 Å². The maximum Gasteiger partial charge on any atom is 0.143 e. The molecule has 0 bridgehead atoms. The van der Waals surface area contributed by atoms with Crippen molar-refractivity contribution in [1.29, 1.82) is 0 Å². The van der Waals surface area contributed by atoms with Crippen LogP contribution in [0.1, 0.15) is 24.8 Å². The van der Waals surface area contributed by atoms with Crippen LogP contribution in [0.5, 0.6) is 0 Å². The molecule has 0 N–H and O–H groups in total. The smallest absolute Gasteiger partial charge is 0.143 e. The van der Waals surface area contributed by atoms with E-state index in [2.05, 4.69) is 30.9 Å². The molecule has 0 unspecified atom stereocenters. The van der Waals surface area contributed by atoms with Crippen LogP contribution < -0.4 is 0 Å². The topological polar surface area (TPSA) is 17.1 Å². The Hall–Kier alpha value is -1.63. The van der Waals surface area contributed by atoms with Crippen molar-refractivity contribution in [2.45, 2.75) is 19.3 Å². The predicted molar refractivity (Wildman–Crippen MR) is 67.0 cm³/mol. The van der Waals surface area contributed by atoms with E-state index in [1.165, 1.54) is 5.56 Å². The van der Waals surface area contributed by atoms with Gasteiger partial charge < -0.3 is 0 Å². The van der Waals surface area contributed by atoms with Crippen LogP contribution in [0.15, 0.2) is 49.1 Å². The number of hydrogen-bond donors (Lipinski definition) is 0. The highest BCUT2D eigenvalue weighted by molar-refractivity contribution is 5.92. The minimum atomic E-state index is -0.259. The molecule has 1 aromatic rings. The fourth-order valence-electron chi connectivity index (χ4n) is 2.03. The Bertz CT molecular complexity index is 416. The predicted octanol–water partition coefficient (Wildman–Crippen LogP) is 3.63. The summed E-state index contributed by atoms with van der Waals surface area (Å²) >= 11 is 0. The maximum absolute atomic E-state index is 11.5. The molecule has 1 aromatic carbocycles. The van der Waals surface area contributed by atoms with Gasteiger partial charge in [0.15, 0.2) is 0 Å². The third-order valence-electron chi connectivity index (χ3n) is 3.34. The van der Waals surface area contributed by atoms with E-state index >= 15 is 0 Å². The van der Waals surface area contributed by atoms with Gasteiger partial charge in [-0.2, -0.15) is 0 Å². The van der Waals surface area contributed by atoms with E-state index < -0.39 is 0 Å². The van der Waals surface area contributed by atoms with Crippen molar-refractivity contribution < 1.29 is 4.79 Å².